The summed E-state index contributed by atoms with van der Waals surface area (Å²) < 4.78 is 38.5. The van der Waals surface area contributed by atoms with E-state index in [1.165, 1.54) is 0 Å². The molecule has 1 N–H and O–H groups in total. The zero-order valence-electron chi connectivity index (χ0n) is 19.7. The molecule has 8 heteroatoms. The second kappa shape index (κ2) is 11.5. The minimum absolute atomic E-state index is 0.191. The number of nitrogens with zero attached hydrogens (tertiary/aromatic N) is 1. The van der Waals surface area contributed by atoms with Crippen LogP contribution in [-0.4, -0.2) is 51.0 Å². The van der Waals surface area contributed by atoms with Gasteiger partial charge in [0.25, 0.3) is 5.91 Å². The van der Waals surface area contributed by atoms with Gasteiger partial charge in [0.15, 0.2) is 6.10 Å². The smallest absolute Gasteiger partial charge is 0.261 e. The summed E-state index contributed by atoms with van der Waals surface area (Å²) in [6.07, 6.45) is 2.85. The highest BCUT2D eigenvalue weighted by atomic mass is 32.2. The predicted molar refractivity (Wildman–Crippen MR) is 128 cm³/mol. The lowest BCUT2D eigenvalue weighted by molar-refractivity contribution is -0.128. The molecule has 2 aromatic carbocycles. The average molecular weight is 475 g/mol. The standard InChI is InChI=1S/C25H34N2O5S/c1-4-24(32-22-17-19(2)16-20(3)18-22)25(28)26-12-15-31-21-8-10-23(11-9-21)33(29,30)27-13-6-5-7-14-27/h8-11,16-18,24H,4-7,12-15H2,1-3H3,(H,26,28). The van der Waals surface area contributed by atoms with E-state index in [2.05, 4.69) is 11.4 Å². The molecule has 1 unspecified atom stereocenters. The Kier molecular flexibility index (Phi) is 8.74. The maximum atomic E-state index is 12.7. The number of benzene rings is 2. The van der Waals surface area contributed by atoms with Crippen molar-refractivity contribution in [3.63, 3.8) is 0 Å². The molecule has 3 rings (SSSR count). The molecule has 33 heavy (non-hydrogen) atoms. The third-order valence-corrected chi connectivity index (χ3v) is 7.50. The summed E-state index contributed by atoms with van der Waals surface area (Å²) in [6, 6.07) is 12.3. The normalized spacial score (nSPS) is 15.6. The van der Waals surface area contributed by atoms with Crippen molar-refractivity contribution in [3.8, 4) is 11.5 Å². The van der Waals surface area contributed by atoms with Gasteiger partial charge in [-0.1, -0.05) is 19.4 Å². The summed E-state index contributed by atoms with van der Waals surface area (Å²) in [5.74, 6) is 1.05. The fourth-order valence-corrected chi connectivity index (χ4v) is 5.42. The van der Waals surface area contributed by atoms with Gasteiger partial charge in [0.2, 0.25) is 10.0 Å². The van der Waals surface area contributed by atoms with E-state index in [1.54, 1.807) is 28.6 Å². The van der Waals surface area contributed by atoms with Crippen molar-refractivity contribution in [2.75, 3.05) is 26.2 Å². The van der Waals surface area contributed by atoms with Gasteiger partial charge in [-0.05, 0) is 80.6 Å². The van der Waals surface area contributed by atoms with E-state index < -0.39 is 16.1 Å². The van der Waals surface area contributed by atoms with Gasteiger partial charge in [0.05, 0.1) is 11.4 Å². The molecule has 0 saturated carbocycles. The van der Waals surface area contributed by atoms with E-state index in [0.717, 1.165) is 30.4 Å². The first-order chi connectivity index (χ1) is 15.8. The number of sulfonamides is 1. The quantitative estimate of drug-likeness (QED) is 0.529. The van der Waals surface area contributed by atoms with Crippen molar-refractivity contribution in [3.05, 3.63) is 53.6 Å². The summed E-state index contributed by atoms with van der Waals surface area (Å²) in [5.41, 5.74) is 2.17. The fraction of sp³-hybridized carbons (Fsp3) is 0.480. The van der Waals surface area contributed by atoms with Gasteiger partial charge in [-0.25, -0.2) is 8.42 Å². The van der Waals surface area contributed by atoms with Crippen LogP contribution >= 0.6 is 0 Å². The molecule has 1 aliphatic rings. The Morgan fingerprint density at radius 3 is 2.24 bits per heavy atom. The van der Waals surface area contributed by atoms with Crippen molar-refractivity contribution in [2.24, 2.45) is 0 Å². The lowest BCUT2D eigenvalue weighted by atomic mass is 10.1. The van der Waals surface area contributed by atoms with E-state index in [-0.39, 0.29) is 17.4 Å². The largest absolute Gasteiger partial charge is 0.492 e. The van der Waals surface area contributed by atoms with Gasteiger partial charge in [0, 0.05) is 13.1 Å². The molecule has 0 aromatic heterocycles. The second-order valence-corrected chi connectivity index (χ2v) is 10.4. The molecule has 1 amide bonds. The van der Waals surface area contributed by atoms with Gasteiger partial charge in [0.1, 0.15) is 18.1 Å². The Morgan fingerprint density at radius 2 is 1.64 bits per heavy atom. The first-order valence-corrected chi connectivity index (χ1v) is 13.0. The van der Waals surface area contributed by atoms with Gasteiger partial charge in [-0.2, -0.15) is 4.31 Å². The highest BCUT2D eigenvalue weighted by molar-refractivity contribution is 7.89. The highest BCUT2D eigenvalue weighted by Crippen LogP contribution is 2.23. The Balaban J connectivity index is 1.46. The summed E-state index contributed by atoms with van der Waals surface area (Å²) in [4.78, 5) is 12.8. The Morgan fingerprint density at radius 1 is 1.00 bits per heavy atom. The fourth-order valence-electron chi connectivity index (χ4n) is 3.91. The number of piperidine rings is 1. The molecule has 1 heterocycles. The maximum absolute atomic E-state index is 12.7. The molecule has 0 aliphatic carbocycles. The van der Waals surface area contributed by atoms with Crippen LogP contribution in [0.2, 0.25) is 0 Å². The Labute approximate surface area is 197 Å². The summed E-state index contributed by atoms with van der Waals surface area (Å²) in [7, 11) is -3.45. The highest BCUT2D eigenvalue weighted by Gasteiger charge is 2.25. The zero-order chi connectivity index (χ0) is 23.8. The van der Waals surface area contributed by atoms with Crippen molar-refractivity contribution < 1.29 is 22.7 Å². The number of hydrogen-bond acceptors (Lipinski definition) is 5. The first-order valence-electron chi connectivity index (χ1n) is 11.6. The van der Waals surface area contributed by atoms with E-state index in [0.29, 0.717) is 37.6 Å². The molecule has 1 atom stereocenters. The van der Waals surface area contributed by atoms with Gasteiger partial charge < -0.3 is 14.8 Å². The van der Waals surface area contributed by atoms with E-state index in [9.17, 15) is 13.2 Å². The zero-order valence-corrected chi connectivity index (χ0v) is 20.5. The number of carbonyl (C=O) groups excluding carboxylic acids is 1. The molecule has 1 fully saturated rings. The van der Waals surface area contributed by atoms with Crippen LogP contribution in [0.1, 0.15) is 43.7 Å². The maximum Gasteiger partial charge on any atom is 0.261 e. The molecule has 2 aromatic rings. The molecule has 1 aliphatic heterocycles. The minimum atomic E-state index is -3.45. The Bertz CT molecular complexity index is 1010. The third-order valence-electron chi connectivity index (χ3n) is 5.58. The number of rotatable bonds is 10. The van der Waals surface area contributed by atoms with Crippen LogP contribution in [0.15, 0.2) is 47.4 Å². The summed E-state index contributed by atoms with van der Waals surface area (Å²) >= 11 is 0. The van der Waals surface area contributed by atoms with Crippen molar-refractivity contribution >= 4 is 15.9 Å². The van der Waals surface area contributed by atoms with Crippen LogP contribution in [0.25, 0.3) is 0 Å². The molecule has 180 valence electrons. The van der Waals surface area contributed by atoms with E-state index in [4.69, 9.17) is 9.47 Å². The molecular formula is C25H34N2O5S. The number of amides is 1. The first kappa shape index (κ1) is 25.1. The lowest BCUT2D eigenvalue weighted by Gasteiger charge is -2.25. The number of nitrogens with one attached hydrogen (secondary N) is 1. The monoisotopic (exact) mass is 474 g/mol. The van der Waals surface area contributed by atoms with Crippen LogP contribution in [0.5, 0.6) is 11.5 Å². The van der Waals surface area contributed by atoms with E-state index in [1.807, 2.05) is 32.9 Å². The number of hydrogen-bond donors (Lipinski definition) is 1. The number of aryl methyl sites for hydroxylation is 2. The molecular weight excluding hydrogens is 440 g/mol. The molecule has 0 radical (unpaired) electrons. The average Bonchev–Trinajstić information content (AvgIpc) is 2.80. The number of ether oxygens (including phenoxy) is 2. The minimum Gasteiger partial charge on any atom is -0.492 e. The molecule has 0 spiro atoms. The summed E-state index contributed by atoms with van der Waals surface area (Å²) in [5, 5.41) is 2.84. The molecule has 7 nitrogen and oxygen atoms in total. The van der Waals surface area contributed by atoms with Crippen molar-refractivity contribution in [1.29, 1.82) is 0 Å². The van der Waals surface area contributed by atoms with Crippen LogP contribution in [0.4, 0.5) is 0 Å². The second-order valence-electron chi connectivity index (χ2n) is 8.41. The van der Waals surface area contributed by atoms with Crippen LogP contribution < -0.4 is 14.8 Å². The topological polar surface area (TPSA) is 84.9 Å². The van der Waals surface area contributed by atoms with E-state index >= 15 is 0 Å². The van der Waals surface area contributed by atoms with Gasteiger partial charge in [-0.15, -0.1) is 0 Å². The number of carbonyl (C=O) groups is 1. The summed E-state index contributed by atoms with van der Waals surface area (Å²) in [6.45, 7) is 7.63. The SMILES string of the molecule is CCC(Oc1cc(C)cc(C)c1)C(=O)NCCOc1ccc(S(=O)(=O)N2CCCCC2)cc1. The lowest BCUT2D eigenvalue weighted by Crippen LogP contribution is -2.39. The predicted octanol–water partition coefficient (Wildman–Crippen LogP) is 3.83. The van der Waals surface area contributed by atoms with Crippen molar-refractivity contribution in [2.45, 2.75) is 57.5 Å². The van der Waals surface area contributed by atoms with Crippen LogP contribution in [-0.2, 0) is 14.8 Å². The van der Waals surface area contributed by atoms with Gasteiger partial charge in [-0.3, -0.25) is 4.79 Å². The van der Waals surface area contributed by atoms with Gasteiger partial charge >= 0.3 is 0 Å². The molecule has 0 bridgehead atoms. The Hall–Kier alpha value is -2.58. The third kappa shape index (κ3) is 6.95. The van der Waals surface area contributed by atoms with Crippen LogP contribution in [0.3, 0.4) is 0 Å². The van der Waals surface area contributed by atoms with Crippen LogP contribution in [0, 0.1) is 13.8 Å². The van der Waals surface area contributed by atoms with Crippen molar-refractivity contribution in [1.82, 2.24) is 9.62 Å². The molecule has 1 saturated heterocycles.